The molecule has 25 heavy (non-hydrogen) atoms. The molecule has 6 nitrogen and oxygen atoms in total. The Morgan fingerprint density at radius 1 is 1.04 bits per heavy atom. The number of rotatable bonds is 3. The molecule has 3 rings (SSSR count). The standard InChI is InChI=1S/C17H14ClFN2O4/c1-9(22)20-14-6-10(2-3-12(14)19)17(23)21-13-8-16-15(7-11(13)18)24-4-5-25-16/h2-3,6-8H,4-5H2,1H3,(H,20,22)(H,21,23). The first kappa shape index (κ1) is 17.0. The maximum absolute atomic E-state index is 13.7. The molecule has 1 aliphatic heterocycles. The number of fused-ring (bicyclic) bond motifs is 1. The van der Waals surface area contributed by atoms with Crippen molar-refractivity contribution in [3.05, 3.63) is 46.7 Å². The fraction of sp³-hybridized carbons (Fsp3) is 0.176. The van der Waals surface area contributed by atoms with Crippen molar-refractivity contribution in [2.24, 2.45) is 0 Å². The van der Waals surface area contributed by atoms with E-state index in [-0.39, 0.29) is 16.3 Å². The van der Waals surface area contributed by atoms with Gasteiger partial charge in [-0.15, -0.1) is 0 Å². The SMILES string of the molecule is CC(=O)Nc1cc(C(=O)Nc2cc3c(cc2Cl)OCCO3)ccc1F. The monoisotopic (exact) mass is 364 g/mol. The Morgan fingerprint density at radius 2 is 1.72 bits per heavy atom. The van der Waals surface area contributed by atoms with Gasteiger partial charge in [-0.25, -0.2) is 4.39 Å². The highest BCUT2D eigenvalue weighted by molar-refractivity contribution is 6.34. The lowest BCUT2D eigenvalue weighted by molar-refractivity contribution is -0.114. The van der Waals surface area contributed by atoms with E-state index in [0.29, 0.717) is 30.4 Å². The van der Waals surface area contributed by atoms with Crippen LogP contribution in [-0.4, -0.2) is 25.0 Å². The summed E-state index contributed by atoms with van der Waals surface area (Å²) in [5.74, 6) is -0.603. The molecule has 2 N–H and O–H groups in total. The quantitative estimate of drug-likeness (QED) is 0.874. The van der Waals surface area contributed by atoms with Crippen LogP contribution in [0.5, 0.6) is 11.5 Å². The van der Waals surface area contributed by atoms with Crippen LogP contribution in [0.15, 0.2) is 30.3 Å². The maximum Gasteiger partial charge on any atom is 0.255 e. The molecule has 1 aliphatic rings. The Bertz CT molecular complexity index is 857. The van der Waals surface area contributed by atoms with E-state index >= 15 is 0 Å². The number of benzene rings is 2. The van der Waals surface area contributed by atoms with E-state index < -0.39 is 17.6 Å². The Kier molecular flexibility index (Phi) is 4.76. The summed E-state index contributed by atoms with van der Waals surface area (Å²) in [5.41, 5.74) is 0.422. The van der Waals surface area contributed by atoms with E-state index in [9.17, 15) is 14.0 Å². The zero-order chi connectivity index (χ0) is 18.0. The first-order valence-corrected chi connectivity index (χ1v) is 7.79. The number of nitrogens with one attached hydrogen (secondary N) is 2. The van der Waals surface area contributed by atoms with Crippen LogP contribution < -0.4 is 20.1 Å². The van der Waals surface area contributed by atoms with Crippen molar-refractivity contribution < 1.29 is 23.5 Å². The Hall–Kier alpha value is -2.80. The lowest BCUT2D eigenvalue weighted by Gasteiger charge is -2.20. The van der Waals surface area contributed by atoms with E-state index in [1.54, 1.807) is 12.1 Å². The second-order valence-corrected chi connectivity index (χ2v) is 5.71. The molecular formula is C17H14ClFN2O4. The first-order chi connectivity index (χ1) is 11.9. The van der Waals surface area contributed by atoms with Crippen LogP contribution in [-0.2, 0) is 4.79 Å². The van der Waals surface area contributed by atoms with Gasteiger partial charge in [-0.2, -0.15) is 0 Å². The third-order valence-electron chi connectivity index (χ3n) is 3.42. The lowest BCUT2D eigenvalue weighted by atomic mass is 10.1. The van der Waals surface area contributed by atoms with Crippen molar-refractivity contribution >= 4 is 34.8 Å². The number of amides is 2. The van der Waals surface area contributed by atoms with Crippen molar-refractivity contribution in [2.75, 3.05) is 23.8 Å². The van der Waals surface area contributed by atoms with E-state index in [1.807, 2.05) is 0 Å². The van der Waals surface area contributed by atoms with Crippen molar-refractivity contribution in [3.8, 4) is 11.5 Å². The van der Waals surface area contributed by atoms with Crippen LogP contribution in [0.2, 0.25) is 5.02 Å². The molecular weight excluding hydrogens is 351 g/mol. The van der Waals surface area contributed by atoms with Crippen molar-refractivity contribution in [3.63, 3.8) is 0 Å². The van der Waals surface area contributed by atoms with Gasteiger partial charge in [0.15, 0.2) is 11.5 Å². The summed E-state index contributed by atoms with van der Waals surface area (Å²) < 4.78 is 24.5. The van der Waals surface area contributed by atoms with Gasteiger partial charge in [-0.3, -0.25) is 9.59 Å². The second-order valence-electron chi connectivity index (χ2n) is 5.31. The summed E-state index contributed by atoms with van der Waals surface area (Å²) in [4.78, 5) is 23.5. The molecule has 0 radical (unpaired) electrons. The van der Waals surface area contributed by atoms with Gasteiger partial charge in [0, 0.05) is 24.6 Å². The molecule has 0 aliphatic carbocycles. The molecule has 0 saturated heterocycles. The lowest BCUT2D eigenvalue weighted by Crippen LogP contribution is -2.17. The van der Waals surface area contributed by atoms with Gasteiger partial charge in [0.2, 0.25) is 5.91 Å². The number of carbonyl (C=O) groups is 2. The summed E-state index contributed by atoms with van der Waals surface area (Å²) in [6, 6.07) is 6.78. The molecule has 0 aromatic heterocycles. The molecule has 0 spiro atoms. The van der Waals surface area contributed by atoms with Crippen molar-refractivity contribution in [2.45, 2.75) is 6.92 Å². The highest BCUT2D eigenvalue weighted by atomic mass is 35.5. The minimum Gasteiger partial charge on any atom is -0.486 e. The topological polar surface area (TPSA) is 76.7 Å². The average molecular weight is 365 g/mol. The number of hydrogen-bond donors (Lipinski definition) is 2. The third-order valence-corrected chi connectivity index (χ3v) is 3.73. The molecule has 8 heteroatoms. The molecule has 2 aromatic carbocycles. The average Bonchev–Trinajstić information content (AvgIpc) is 2.57. The smallest absolute Gasteiger partial charge is 0.255 e. The van der Waals surface area contributed by atoms with Gasteiger partial charge in [0.1, 0.15) is 19.0 Å². The van der Waals surface area contributed by atoms with E-state index in [2.05, 4.69) is 10.6 Å². The summed E-state index contributed by atoms with van der Waals surface area (Å²) in [7, 11) is 0. The van der Waals surface area contributed by atoms with Crippen LogP contribution in [0.25, 0.3) is 0 Å². The van der Waals surface area contributed by atoms with Crippen LogP contribution in [0, 0.1) is 5.82 Å². The largest absolute Gasteiger partial charge is 0.486 e. The summed E-state index contributed by atoms with van der Waals surface area (Å²) >= 11 is 6.15. The zero-order valence-corrected chi connectivity index (χ0v) is 13.9. The molecule has 2 amide bonds. The van der Waals surface area contributed by atoms with Crippen LogP contribution in [0.4, 0.5) is 15.8 Å². The molecule has 130 valence electrons. The number of carbonyl (C=O) groups excluding carboxylic acids is 2. The molecule has 0 atom stereocenters. The predicted molar refractivity (Wildman–Crippen MR) is 91.1 cm³/mol. The van der Waals surface area contributed by atoms with E-state index in [1.165, 1.54) is 19.1 Å². The summed E-state index contributed by atoms with van der Waals surface area (Å²) in [6.45, 7) is 2.08. The van der Waals surface area contributed by atoms with Crippen LogP contribution in [0.3, 0.4) is 0 Å². The van der Waals surface area contributed by atoms with Gasteiger partial charge >= 0.3 is 0 Å². The van der Waals surface area contributed by atoms with Gasteiger partial charge in [0.05, 0.1) is 16.4 Å². The van der Waals surface area contributed by atoms with Gasteiger partial charge in [-0.05, 0) is 18.2 Å². The van der Waals surface area contributed by atoms with Gasteiger partial charge in [-0.1, -0.05) is 11.6 Å². The van der Waals surface area contributed by atoms with Crippen molar-refractivity contribution in [1.29, 1.82) is 0 Å². The zero-order valence-electron chi connectivity index (χ0n) is 13.2. The fourth-order valence-corrected chi connectivity index (χ4v) is 2.51. The minimum absolute atomic E-state index is 0.0755. The highest BCUT2D eigenvalue weighted by Gasteiger charge is 2.17. The normalized spacial score (nSPS) is 12.4. The highest BCUT2D eigenvalue weighted by Crippen LogP contribution is 2.38. The Morgan fingerprint density at radius 3 is 2.40 bits per heavy atom. The number of halogens is 2. The maximum atomic E-state index is 13.7. The molecule has 0 bridgehead atoms. The molecule has 0 fully saturated rings. The number of anilines is 2. The molecule has 0 unspecified atom stereocenters. The Labute approximate surface area is 147 Å². The van der Waals surface area contributed by atoms with E-state index in [0.717, 1.165) is 6.07 Å². The molecule has 1 heterocycles. The molecule has 0 saturated carbocycles. The number of hydrogen-bond acceptors (Lipinski definition) is 4. The third kappa shape index (κ3) is 3.83. The summed E-state index contributed by atoms with van der Waals surface area (Å²) in [6.07, 6.45) is 0. The number of ether oxygens (including phenoxy) is 2. The van der Waals surface area contributed by atoms with Crippen molar-refractivity contribution in [1.82, 2.24) is 0 Å². The van der Waals surface area contributed by atoms with Gasteiger partial charge < -0.3 is 20.1 Å². The van der Waals surface area contributed by atoms with Gasteiger partial charge in [0.25, 0.3) is 5.91 Å². The first-order valence-electron chi connectivity index (χ1n) is 7.41. The Balaban J connectivity index is 1.84. The predicted octanol–water partition coefficient (Wildman–Crippen LogP) is 3.46. The van der Waals surface area contributed by atoms with Crippen LogP contribution in [0.1, 0.15) is 17.3 Å². The second kappa shape index (κ2) is 6.98. The fourth-order valence-electron chi connectivity index (χ4n) is 2.31. The van der Waals surface area contributed by atoms with E-state index in [4.69, 9.17) is 21.1 Å². The van der Waals surface area contributed by atoms with Crippen LogP contribution >= 0.6 is 11.6 Å². The summed E-state index contributed by atoms with van der Waals surface area (Å²) in [5, 5.41) is 5.24. The minimum atomic E-state index is -0.635. The molecule has 2 aromatic rings.